The zero-order valence-electron chi connectivity index (χ0n) is 11.0. The topological polar surface area (TPSA) is 21.3 Å². The van der Waals surface area contributed by atoms with Gasteiger partial charge in [0.25, 0.3) is 0 Å². The molecule has 2 nitrogen and oxygen atoms in total. The number of ether oxygens (including phenoxy) is 1. The van der Waals surface area contributed by atoms with Crippen molar-refractivity contribution in [2.45, 2.75) is 13.5 Å². The third-order valence-electron chi connectivity index (χ3n) is 2.92. The molecule has 100 valence electrons. The molecule has 0 aromatic heterocycles. The minimum atomic E-state index is 0.636. The molecule has 0 spiro atoms. The lowest BCUT2D eigenvalue weighted by Crippen LogP contribution is -2.10. The van der Waals surface area contributed by atoms with Crippen LogP contribution in [0.4, 0.5) is 5.69 Å². The van der Waals surface area contributed by atoms with Gasteiger partial charge in [-0.15, -0.1) is 0 Å². The number of aryl methyl sites for hydroxylation is 1. The van der Waals surface area contributed by atoms with Crippen molar-refractivity contribution in [3.63, 3.8) is 0 Å². The van der Waals surface area contributed by atoms with Gasteiger partial charge in [0.05, 0.1) is 13.2 Å². The van der Waals surface area contributed by atoms with E-state index >= 15 is 0 Å². The van der Waals surface area contributed by atoms with Gasteiger partial charge in [-0.25, -0.2) is 0 Å². The van der Waals surface area contributed by atoms with Gasteiger partial charge in [0.15, 0.2) is 0 Å². The second-order valence-corrected chi connectivity index (χ2v) is 5.24. The van der Waals surface area contributed by atoms with Gasteiger partial charge in [0.1, 0.15) is 0 Å². The van der Waals surface area contributed by atoms with Gasteiger partial charge in [-0.1, -0.05) is 52.3 Å². The Bertz CT molecular complexity index is 480. The highest BCUT2D eigenvalue weighted by molar-refractivity contribution is 9.10. The quantitative estimate of drug-likeness (QED) is 0.797. The molecule has 0 fully saturated rings. The van der Waals surface area contributed by atoms with Crippen LogP contribution in [-0.2, 0) is 11.3 Å². The monoisotopic (exact) mass is 319 g/mol. The molecule has 2 aromatic rings. The maximum Gasteiger partial charge on any atom is 0.0728 e. The summed E-state index contributed by atoms with van der Waals surface area (Å²) in [6.07, 6.45) is 0. The average molecular weight is 320 g/mol. The second kappa shape index (κ2) is 7.31. The third kappa shape index (κ3) is 4.37. The fourth-order valence-electron chi connectivity index (χ4n) is 1.83. The SMILES string of the molecule is Cc1ccccc1NCCOCc1ccccc1Br. The van der Waals surface area contributed by atoms with Crippen LogP contribution in [0.1, 0.15) is 11.1 Å². The van der Waals surface area contributed by atoms with Crippen LogP contribution < -0.4 is 5.32 Å². The summed E-state index contributed by atoms with van der Waals surface area (Å²) in [7, 11) is 0. The lowest BCUT2D eigenvalue weighted by Gasteiger charge is -2.10. The summed E-state index contributed by atoms with van der Waals surface area (Å²) >= 11 is 3.52. The first-order valence-electron chi connectivity index (χ1n) is 6.38. The van der Waals surface area contributed by atoms with E-state index in [2.05, 4.69) is 46.4 Å². The van der Waals surface area contributed by atoms with Crippen molar-refractivity contribution in [1.29, 1.82) is 0 Å². The molecule has 0 radical (unpaired) electrons. The fourth-order valence-corrected chi connectivity index (χ4v) is 2.23. The summed E-state index contributed by atoms with van der Waals surface area (Å²) in [5, 5.41) is 3.38. The fraction of sp³-hybridized carbons (Fsp3) is 0.250. The van der Waals surface area contributed by atoms with Crippen molar-refractivity contribution in [3.05, 3.63) is 64.1 Å². The zero-order chi connectivity index (χ0) is 13.5. The van der Waals surface area contributed by atoms with Crippen LogP contribution in [0.25, 0.3) is 0 Å². The first-order chi connectivity index (χ1) is 9.27. The summed E-state index contributed by atoms with van der Waals surface area (Å²) < 4.78 is 6.77. The van der Waals surface area contributed by atoms with E-state index in [0.717, 1.165) is 11.0 Å². The predicted molar refractivity (Wildman–Crippen MR) is 83.5 cm³/mol. The highest BCUT2D eigenvalue weighted by atomic mass is 79.9. The Labute approximate surface area is 122 Å². The number of nitrogens with one attached hydrogen (secondary N) is 1. The molecule has 0 heterocycles. The molecule has 2 aromatic carbocycles. The van der Waals surface area contributed by atoms with E-state index < -0.39 is 0 Å². The van der Waals surface area contributed by atoms with Crippen molar-refractivity contribution in [2.75, 3.05) is 18.5 Å². The lowest BCUT2D eigenvalue weighted by atomic mass is 10.2. The average Bonchev–Trinajstić information content (AvgIpc) is 2.42. The molecule has 0 atom stereocenters. The smallest absolute Gasteiger partial charge is 0.0728 e. The lowest BCUT2D eigenvalue weighted by molar-refractivity contribution is 0.130. The van der Waals surface area contributed by atoms with Gasteiger partial charge in [-0.2, -0.15) is 0 Å². The van der Waals surface area contributed by atoms with Crippen LogP contribution >= 0.6 is 15.9 Å². The minimum absolute atomic E-state index is 0.636. The summed E-state index contributed by atoms with van der Waals surface area (Å²) in [6.45, 7) is 4.24. The van der Waals surface area contributed by atoms with Crippen LogP contribution in [-0.4, -0.2) is 13.2 Å². The maximum absolute atomic E-state index is 5.67. The second-order valence-electron chi connectivity index (χ2n) is 4.39. The number of hydrogen-bond donors (Lipinski definition) is 1. The van der Waals surface area contributed by atoms with E-state index in [0.29, 0.717) is 13.2 Å². The van der Waals surface area contributed by atoms with Gasteiger partial charge >= 0.3 is 0 Å². The van der Waals surface area contributed by atoms with Crippen molar-refractivity contribution in [1.82, 2.24) is 0 Å². The van der Waals surface area contributed by atoms with Crippen molar-refractivity contribution in [2.24, 2.45) is 0 Å². The number of anilines is 1. The molecule has 1 N–H and O–H groups in total. The molecule has 2 rings (SSSR count). The Kier molecular flexibility index (Phi) is 5.43. The molecular formula is C16H18BrNO. The van der Waals surface area contributed by atoms with Crippen LogP contribution in [0.3, 0.4) is 0 Å². The van der Waals surface area contributed by atoms with E-state index in [4.69, 9.17) is 4.74 Å². The Morgan fingerprint density at radius 2 is 1.79 bits per heavy atom. The highest BCUT2D eigenvalue weighted by Crippen LogP contribution is 2.16. The number of hydrogen-bond acceptors (Lipinski definition) is 2. The van der Waals surface area contributed by atoms with Crippen LogP contribution in [0.15, 0.2) is 53.0 Å². The Hall–Kier alpha value is -1.32. The van der Waals surface area contributed by atoms with E-state index in [1.54, 1.807) is 0 Å². The summed E-state index contributed by atoms with van der Waals surface area (Å²) in [6, 6.07) is 16.4. The molecule has 0 saturated heterocycles. The van der Waals surface area contributed by atoms with Crippen LogP contribution in [0, 0.1) is 6.92 Å². The predicted octanol–water partition coefficient (Wildman–Crippen LogP) is 4.39. The third-order valence-corrected chi connectivity index (χ3v) is 3.70. The largest absolute Gasteiger partial charge is 0.383 e. The van der Waals surface area contributed by atoms with Crippen molar-refractivity contribution >= 4 is 21.6 Å². The number of para-hydroxylation sites is 1. The molecule has 0 bridgehead atoms. The molecule has 0 aliphatic carbocycles. The zero-order valence-corrected chi connectivity index (χ0v) is 12.6. The molecule has 0 saturated carbocycles. The molecule has 19 heavy (non-hydrogen) atoms. The Balaban J connectivity index is 1.71. The molecule has 0 aliphatic rings. The van der Waals surface area contributed by atoms with Gasteiger partial charge in [0, 0.05) is 16.7 Å². The first-order valence-corrected chi connectivity index (χ1v) is 7.17. The van der Waals surface area contributed by atoms with Crippen molar-refractivity contribution in [3.8, 4) is 0 Å². The molecule has 0 aliphatic heterocycles. The van der Waals surface area contributed by atoms with Gasteiger partial charge in [0.2, 0.25) is 0 Å². The molecule has 0 unspecified atom stereocenters. The first kappa shape index (κ1) is 14.1. The van der Waals surface area contributed by atoms with Gasteiger partial charge in [-0.3, -0.25) is 0 Å². The number of benzene rings is 2. The normalized spacial score (nSPS) is 10.4. The highest BCUT2D eigenvalue weighted by Gasteiger charge is 1.99. The summed E-state index contributed by atoms with van der Waals surface area (Å²) in [4.78, 5) is 0. The number of halogens is 1. The molecular weight excluding hydrogens is 302 g/mol. The number of rotatable bonds is 6. The van der Waals surface area contributed by atoms with E-state index in [9.17, 15) is 0 Å². The van der Waals surface area contributed by atoms with E-state index in [1.165, 1.54) is 16.8 Å². The summed E-state index contributed by atoms with van der Waals surface area (Å²) in [5.74, 6) is 0. The van der Waals surface area contributed by atoms with E-state index in [1.807, 2.05) is 30.3 Å². The van der Waals surface area contributed by atoms with Crippen LogP contribution in [0.2, 0.25) is 0 Å². The van der Waals surface area contributed by atoms with Crippen LogP contribution in [0.5, 0.6) is 0 Å². The maximum atomic E-state index is 5.67. The van der Waals surface area contributed by atoms with Gasteiger partial charge < -0.3 is 10.1 Å². The summed E-state index contributed by atoms with van der Waals surface area (Å²) in [5.41, 5.74) is 3.61. The Morgan fingerprint density at radius 3 is 2.58 bits per heavy atom. The molecule has 0 amide bonds. The standard InChI is InChI=1S/C16H18BrNO/c1-13-6-2-5-9-16(13)18-10-11-19-12-14-7-3-4-8-15(14)17/h2-9,18H,10-12H2,1H3. The minimum Gasteiger partial charge on any atom is -0.383 e. The van der Waals surface area contributed by atoms with Crippen molar-refractivity contribution < 1.29 is 4.74 Å². The molecule has 3 heteroatoms. The van der Waals surface area contributed by atoms with E-state index in [-0.39, 0.29) is 0 Å². The Morgan fingerprint density at radius 1 is 1.05 bits per heavy atom. The van der Waals surface area contributed by atoms with Gasteiger partial charge in [-0.05, 0) is 30.2 Å².